The second-order valence-corrected chi connectivity index (χ2v) is 9.82. The zero-order valence-corrected chi connectivity index (χ0v) is 18.2. The first-order valence-electron chi connectivity index (χ1n) is 7.30. The molecule has 2 aromatic rings. The van der Waals surface area contributed by atoms with E-state index in [1.54, 1.807) is 24.3 Å². The number of ether oxygens (including phenoxy) is 1. The highest BCUT2D eigenvalue weighted by Crippen LogP contribution is 2.65. The summed E-state index contributed by atoms with van der Waals surface area (Å²) in [6.45, 7) is -0.921. The Balaban J connectivity index is 2.30. The molecule has 0 radical (unpaired) electrons. The summed E-state index contributed by atoms with van der Waals surface area (Å²) in [4.78, 5) is 16.1. The van der Waals surface area contributed by atoms with Gasteiger partial charge in [0.1, 0.15) is 16.3 Å². The molecule has 6 nitrogen and oxygen atoms in total. The Morgan fingerprint density at radius 2 is 2.15 bits per heavy atom. The highest BCUT2D eigenvalue weighted by atomic mass is 127. The van der Waals surface area contributed by atoms with E-state index in [0.717, 1.165) is 27.4 Å². The van der Waals surface area contributed by atoms with Crippen molar-refractivity contribution < 1.29 is 27.4 Å². The van der Waals surface area contributed by atoms with Gasteiger partial charge in [0.15, 0.2) is 11.6 Å². The molecule has 0 bridgehead atoms. The first-order chi connectivity index (χ1) is 12.8. The fraction of sp³-hybridized carbons (Fsp3) is 0.200. The van der Waals surface area contributed by atoms with Gasteiger partial charge in [-0.3, -0.25) is 9.11 Å². The fourth-order valence-electron chi connectivity index (χ4n) is 2.48. The van der Waals surface area contributed by atoms with E-state index in [1.807, 2.05) is 22.6 Å². The molecule has 0 spiro atoms. The maximum atomic E-state index is 13.2. The van der Waals surface area contributed by atoms with Crippen molar-refractivity contribution >= 4 is 78.2 Å². The lowest BCUT2D eigenvalue weighted by Crippen LogP contribution is -2.36. The second-order valence-electron chi connectivity index (χ2n) is 5.17. The summed E-state index contributed by atoms with van der Waals surface area (Å²) < 4.78 is 55.1. The van der Waals surface area contributed by atoms with E-state index < -0.39 is 29.0 Å². The Kier molecular flexibility index (Phi) is 6.32. The van der Waals surface area contributed by atoms with Gasteiger partial charge in [0, 0.05) is 9.13 Å². The molecule has 27 heavy (non-hydrogen) atoms. The molecule has 0 aliphatic carbocycles. The molecule has 12 heteroatoms. The number of carbonyl (C=O) groups excluding carboxylic acids is 1. The molecule has 0 unspecified atom stereocenters. The van der Waals surface area contributed by atoms with Crippen LogP contribution in [-0.4, -0.2) is 38.6 Å². The van der Waals surface area contributed by atoms with Crippen molar-refractivity contribution in [3.05, 3.63) is 43.8 Å². The molecule has 1 aromatic heterocycles. The van der Waals surface area contributed by atoms with E-state index in [0.29, 0.717) is 14.0 Å². The Morgan fingerprint density at radius 3 is 2.78 bits per heavy atom. The smallest absolute Gasteiger partial charge is 0.372 e. The maximum Gasteiger partial charge on any atom is 0.372 e. The van der Waals surface area contributed by atoms with E-state index in [1.165, 1.54) is 11.8 Å². The predicted molar refractivity (Wildman–Crippen MR) is 114 cm³/mol. The Labute approximate surface area is 177 Å². The minimum atomic E-state index is -3.94. The van der Waals surface area contributed by atoms with Gasteiger partial charge in [-0.25, -0.2) is 22.9 Å². The van der Waals surface area contributed by atoms with E-state index >= 15 is 0 Å². The molecule has 3 rings (SSSR count). The molecule has 0 fully saturated rings. The number of thioether (sulfide) groups is 1. The van der Waals surface area contributed by atoms with Gasteiger partial charge < -0.3 is 4.74 Å². The van der Waals surface area contributed by atoms with Gasteiger partial charge in [0.2, 0.25) is 0 Å². The SMILES string of the molecule is CSC(=O)OC1=C(c2ccccc2I)S(O)(O)N(CC(F)F)c2ncsc21. The zero-order chi connectivity index (χ0) is 19.8. The number of nitrogens with zero attached hydrogens (tertiary/aromatic N) is 2. The molecule has 146 valence electrons. The first-order valence-corrected chi connectivity index (χ1v) is 12.0. The minimum Gasteiger partial charge on any atom is -0.415 e. The standard InChI is InChI=1S/C15H13F2IN2O4S3/c1-25-15(21)24-11-12-14(19-7-26-12)20(6-10(16)17)27(22,23)13(11)8-4-2-3-5-9(8)18/h2-5,7,10,22-23H,6H2,1H3. The number of halogens is 3. The van der Waals surface area contributed by atoms with Crippen LogP contribution < -0.4 is 4.31 Å². The number of aromatic nitrogens is 1. The van der Waals surface area contributed by atoms with Crippen LogP contribution in [0, 0.1) is 3.57 Å². The van der Waals surface area contributed by atoms with Gasteiger partial charge >= 0.3 is 5.30 Å². The van der Waals surface area contributed by atoms with Gasteiger partial charge in [-0.15, -0.1) is 11.3 Å². The summed E-state index contributed by atoms with van der Waals surface area (Å²) in [5.74, 6) is -0.111. The zero-order valence-electron chi connectivity index (χ0n) is 13.6. The van der Waals surface area contributed by atoms with E-state index in [4.69, 9.17) is 4.74 Å². The maximum absolute atomic E-state index is 13.2. The van der Waals surface area contributed by atoms with Crippen LogP contribution in [0.4, 0.5) is 19.4 Å². The fourth-order valence-corrected chi connectivity index (χ4v) is 6.17. The van der Waals surface area contributed by atoms with Gasteiger partial charge in [0.25, 0.3) is 6.43 Å². The number of thiazole rings is 1. The number of hydrogen-bond acceptors (Lipinski definition) is 8. The Morgan fingerprint density at radius 1 is 1.44 bits per heavy atom. The third kappa shape index (κ3) is 3.96. The summed E-state index contributed by atoms with van der Waals surface area (Å²) in [6.07, 6.45) is -1.30. The van der Waals surface area contributed by atoms with Crippen LogP contribution in [0.2, 0.25) is 0 Å². The number of anilines is 1. The lowest BCUT2D eigenvalue weighted by Gasteiger charge is -2.47. The predicted octanol–water partition coefficient (Wildman–Crippen LogP) is 5.82. The van der Waals surface area contributed by atoms with E-state index in [-0.39, 0.29) is 16.5 Å². The molecule has 0 saturated heterocycles. The molecule has 1 aromatic carbocycles. The molecular weight excluding hydrogens is 533 g/mol. The van der Waals surface area contributed by atoms with Crippen LogP contribution in [0.25, 0.3) is 10.7 Å². The van der Waals surface area contributed by atoms with E-state index in [2.05, 4.69) is 4.98 Å². The van der Waals surface area contributed by atoms with Gasteiger partial charge in [-0.2, -0.15) is 0 Å². The molecule has 2 heterocycles. The average molecular weight is 546 g/mol. The van der Waals surface area contributed by atoms with Crippen LogP contribution in [0.15, 0.2) is 29.8 Å². The van der Waals surface area contributed by atoms with Crippen molar-refractivity contribution in [3.8, 4) is 0 Å². The van der Waals surface area contributed by atoms with Crippen LogP contribution in [-0.2, 0) is 4.74 Å². The lowest BCUT2D eigenvalue weighted by atomic mass is 10.2. The van der Waals surface area contributed by atoms with Crippen molar-refractivity contribution in [2.75, 3.05) is 17.1 Å². The summed E-state index contributed by atoms with van der Waals surface area (Å²) in [7, 11) is -3.94. The first kappa shape index (κ1) is 20.8. The Hall–Kier alpha value is -0.930. The summed E-state index contributed by atoms with van der Waals surface area (Å²) in [5.41, 5.74) is 1.77. The van der Waals surface area contributed by atoms with Crippen LogP contribution in [0.5, 0.6) is 0 Å². The number of alkyl halides is 2. The molecule has 1 aliphatic heterocycles. The van der Waals surface area contributed by atoms with Gasteiger partial charge in [-0.1, -0.05) is 29.0 Å². The highest BCUT2D eigenvalue weighted by molar-refractivity contribution is 14.1. The molecule has 0 amide bonds. The van der Waals surface area contributed by atoms with Crippen molar-refractivity contribution in [2.24, 2.45) is 0 Å². The quantitative estimate of drug-likeness (QED) is 0.369. The topological polar surface area (TPSA) is 82.9 Å². The van der Waals surface area contributed by atoms with Crippen molar-refractivity contribution in [3.63, 3.8) is 0 Å². The van der Waals surface area contributed by atoms with Crippen LogP contribution in [0.1, 0.15) is 10.4 Å². The number of carbonyl (C=O) groups is 1. The summed E-state index contributed by atoms with van der Waals surface area (Å²) in [6, 6.07) is 6.77. The number of benzene rings is 1. The van der Waals surface area contributed by atoms with Crippen molar-refractivity contribution in [2.45, 2.75) is 6.43 Å². The summed E-state index contributed by atoms with van der Waals surface area (Å²) >= 11 is 3.87. The largest absolute Gasteiger partial charge is 0.415 e. The molecule has 0 atom stereocenters. The van der Waals surface area contributed by atoms with Crippen LogP contribution in [0.3, 0.4) is 0 Å². The van der Waals surface area contributed by atoms with Crippen molar-refractivity contribution in [1.29, 1.82) is 0 Å². The second kappa shape index (κ2) is 8.21. The van der Waals surface area contributed by atoms with E-state index in [9.17, 15) is 22.7 Å². The third-order valence-corrected chi connectivity index (χ3v) is 7.61. The third-order valence-electron chi connectivity index (χ3n) is 3.55. The van der Waals surface area contributed by atoms with Crippen molar-refractivity contribution in [1.82, 2.24) is 4.98 Å². The van der Waals surface area contributed by atoms with Gasteiger partial charge in [0.05, 0.1) is 5.51 Å². The lowest BCUT2D eigenvalue weighted by molar-refractivity contribution is 0.158. The molecule has 0 saturated carbocycles. The molecule has 2 N–H and O–H groups in total. The average Bonchev–Trinajstić information content (AvgIpc) is 3.08. The van der Waals surface area contributed by atoms with Crippen LogP contribution >= 0.6 is 56.5 Å². The highest BCUT2D eigenvalue weighted by Gasteiger charge is 2.43. The minimum absolute atomic E-state index is 0.0427. The monoisotopic (exact) mass is 546 g/mol. The number of hydrogen-bond donors (Lipinski definition) is 2. The number of rotatable bonds is 4. The normalized spacial score (nSPS) is 17.1. The number of fused-ring (bicyclic) bond motifs is 1. The van der Waals surface area contributed by atoms with Gasteiger partial charge in [-0.05, 0) is 46.7 Å². The molecular formula is C15H13F2IN2O4S3. The Bertz CT molecular complexity index is 907. The molecule has 1 aliphatic rings. The summed E-state index contributed by atoms with van der Waals surface area (Å²) in [5, 5.41) is -0.662.